The molecule has 0 aromatic heterocycles. The van der Waals surface area contributed by atoms with Gasteiger partial charge in [-0.25, -0.2) is 0 Å². The van der Waals surface area contributed by atoms with Gasteiger partial charge in [-0.05, 0) is 23.8 Å². The Balaban J connectivity index is 2.01. The molecule has 2 rings (SSSR count). The zero-order valence-corrected chi connectivity index (χ0v) is 11.6. The van der Waals surface area contributed by atoms with Gasteiger partial charge in [-0.2, -0.15) is 0 Å². The van der Waals surface area contributed by atoms with Crippen molar-refractivity contribution in [2.24, 2.45) is 0 Å². The van der Waals surface area contributed by atoms with E-state index in [-0.39, 0.29) is 6.42 Å². The second-order valence-electron chi connectivity index (χ2n) is 4.22. The lowest BCUT2D eigenvalue weighted by Gasteiger charge is -2.19. The van der Waals surface area contributed by atoms with Crippen LogP contribution in [0.4, 0.5) is 0 Å². The first kappa shape index (κ1) is 14.2. The molecular weight excluding hydrogens is 289 g/mol. The number of halogens is 2. The van der Waals surface area contributed by atoms with Gasteiger partial charge in [0.15, 0.2) is 0 Å². The molecule has 0 saturated carbocycles. The number of nitrogens with one attached hydrogen (secondary N) is 1. The van der Waals surface area contributed by atoms with Crippen LogP contribution in [-0.4, -0.2) is 30.8 Å². The lowest BCUT2D eigenvalue weighted by molar-refractivity contribution is -0.136. The van der Waals surface area contributed by atoms with E-state index in [4.69, 9.17) is 33.0 Å². The van der Waals surface area contributed by atoms with Crippen LogP contribution in [0.2, 0.25) is 10.0 Å². The topological polar surface area (TPSA) is 58.6 Å². The Hall–Kier alpha value is -1.23. The molecule has 4 nitrogen and oxygen atoms in total. The van der Waals surface area contributed by atoms with Gasteiger partial charge in [0.25, 0.3) is 0 Å². The number of ether oxygens (including phenoxy) is 1. The average Bonchev–Trinajstić information content (AvgIpc) is 2.33. The first-order chi connectivity index (χ1) is 9.06. The number of rotatable bonds is 5. The fourth-order valence-corrected chi connectivity index (χ4v) is 2.38. The molecule has 0 saturated heterocycles. The van der Waals surface area contributed by atoms with Crippen LogP contribution < -0.4 is 10.1 Å². The van der Waals surface area contributed by atoms with Gasteiger partial charge < -0.3 is 15.2 Å². The maximum absolute atomic E-state index is 10.4. The van der Waals surface area contributed by atoms with Crippen molar-refractivity contribution in [2.75, 3.05) is 19.7 Å². The minimum atomic E-state index is -0.815. The predicted molar refractivity (Wildman–Crippen MR) is 75.1 cm³/mol. The SMILES string of the molecule is O=C(O)CCNCC1=Cc2cc(Cl)cc(Cl)c2OC1. The number of carbonyl (C=O) groups is 1. The van der Waals surface area contributed by atoms with Gasteiger partial charge in [0, 0.05) is 23.7 Å². The van der Waals surface area contributed by atoms with Crippen molar-refractivity contribution in [3.63, 3.8) is 0 Å². The van der Waals surface area contributed by atoms with E-state index < -0.39 is 5.97 Å². The van der Waals surface area contributed by atoms with Crippen LogP contribution >= 0.6 is 23.2 Å². The molecule has 19 heavy (non-hydrogen) atoms. The second-order valence-corrected chi connectivity index (χ2v) is 5.06. The van der Waals surface area contributed by atoms with Gasteiger partial charge in [-0.3, -0.25) is 4.79 Å². The van der Waals surface area contributed by atoms with Crippen molar-refractivity contribution in [3.05, 3.63) is 33.3 Å². The summed E-state index contributed by atoms with van der Waals surface area (Å²) >= 11 is 12.0. The van der Waals surface area contributed by atoms with E-state index in [1.165, 1.54) is 0 Å². The van der Waals surface area contributed by atoms with Gasteiger partial charge in [-0.15, -0.1) is 0 Å². The van der Waals surface area contributed by atoms with Gasteiger partial charge in [0.2, 0.25) is 0 Å². The highest BCUT2D eigenvalue weighted by atomic mass is 35.5. The minimum Gasteiger partial charge on any atom is -0.487 e. The van der Waals surface area contributed by atoms with E-state index in [9.17, 15) is 4.79 Å². The maximum Gasteiger partial charge on any atom is 0.304 e. The zero-order chi connectivity index (χ0) is 13.8. The van der Waals surface area contributed by atoms with Crippen molar-refractivity contribution >= 4 is 35.2 Å². The number of aliphatic carboxylic acids is 1. The molecule has 0 spiro atoms. The third-order valence-electron chi connectivity index (χ3n) is 2.67. The van der Waals surface area contributed by atoms with Crippen molar-refractivity contribution in [1.29, 1.82) is 0 Å². The van der Waals surface area contributed by atoms with Gasteiger partial charge in [0.05, 0.1) is 11.4 Å². The number of benzene rings is 1. The molecule has 0 atom stereocenters. The Labute approximate surface area is 121 Å². The molecule has 1 aliphatic rings. The van der Waals surface area contributed by atoms with Crippen molar-refractivity contribution in [3.8, 4) is 5.75 Å². The summed E-state index contributed by atoms with van der Waals surface area (Å²) < 4.78 is 5.58. The number of carboxylic acids is 1. The highest BCUT2D eigenvalue weighted by Crippen LogP contribution is 2.36. The van der Waals surface area contributed by atoms with E-state index >= 15 is 0 Å². The third-order valence-corrected chi connectivity index (χ3v) is 3.17. The molecule has 1 aromatic rings. The molecule has 1 aromatic carbocycles. The van der Waals surface area contributed by atoms with Crippen LogP contribution in [0.1, 0.15) is 12.0 Å². The van der Waals surface area contributed by atoms with Crippen molar-refractivity contribution in [2.45, 2.75) is 6.42 Å². The Bertz CT molecular complexity index is 529. The molecule has 0 aliphatic carbocycles. The van der Waals surface area contributed by atoms with Crippen LogP contribution in [0.15, 0.2) is 17.7 Å². The molecule has 0 unspecified atom stereocenters. The summed E-state index contributed by atoms with van der Waals surface area (Å²) in [4.78, 5) is 10.4. The number of fused-ring (bicyclic) bond motifs is 1. The Morgan fingerprint density at radius 2 is 2.21 bits per heavy atom. The first-order valence-corrected chi connectivity index (χ1v) is 6.55. The molecule has 0 amide bonds. The standard InChI is InChI=1S/C13H13Cl2NO3/c14-10-4-9-3-8(6-16-2-1-12(17)18)7-19-13(9)11(15)5-10/h3-5,16H,1-2,6-7H2,(H,17,18). The monoisotopic (exact) mass is 301 g/mol. The van der Waals surface area contributed by atoms with Crippen LogP contribution in [0.3, 0.4) is 0 Å². The predicted octanol–water partition coefficient (Wildman–Crippen LogP) is 2.83. The van der Waals surface area contributed by atoms with Crippen LogP contribution in [-0.2, 0) is 4.79 Å². The molecule has 2 N–H and O–H groups in total. The number of hydrogen-bond acceptors (Lipinski definition) is 3. The minimum absolute atomic E-state index is 0.0996. The van der Waals surface area contributed by atoms with Gasteiger partial charge in [0.1, 0.15) is 12.4 Å². The second kappa shape index (κ2) is 6.28. The van der Waals surface area contributed by atoms with Gasteiger partial charge >= 0.3 is 5.97 Å². The Morgan fingerprint density at radius 3 is 2.95 bits per heavy atom. The lowest BCUT2D eigenvalue weighted by atomic mass is 10.1. The molecular formula is C13H13Cl2NO3. The smallest absolute Gasteiger partial charge is 0.304 e. The fraction of sp³-hybridized carbons (Fsp3) is 0.308. The van der Waals surface area contributed by atoms with Crippen LogP contribution in [0, 0.1) is 0 Å². The quantitative estimate of drug-likeness (QED) is 0.821. The molecule has 1 aliphatic heterocycles. The van der Waals surface area contributed by atoms with E-state index in [0.29, 0.717) is 35.5 Å². The number of carboxylic acid groups (broad SMARTS) is 1. The van der Waals surface area contributed by atoms with E-state index in [1.54, 1.807) is 12.1 Å². The average molecular weight is 302 g/mol. The van der Waals surface area contributed by atoms with Crippen molar-refractivity contribution in [1.82, 2.24) is 5.32 Å². The highest BCUT2D eigenvalue weighted by Gasteiger charge is 2.15. The largest absolute Gasteiger partial charge is 0.487 e. The summed E-state index contributed by atoms with van der Waals surface area (Å²) in [6.07, 6.45) is 2.06. The van der Waals surface area contributed by atoms with Gasteiger partial charge in [-0.1, -0.05) is 23.2 Å². The van der Waals surface area contributed by atoms with E-state index in [1.807, 2.05) is 6.08 Å². The fourth-order valence-electron chi connectivity index (χ4n) is 1.81. The maximum atomic E-state index is 10.4. The van der Waals surface area contributed by atoms with Crippen LogP contribution in [0.5, 0.6) is 5.75 Å². The Morgan fingerprint density at radius 1 is 1.42 bits per heavy atom. The lowest BCUT2D eigenvalue weighted by Crippen LogP contribution is -2.24. The zero-order valence-electron chi connectivity index (χ0n) is 10.1. The molecule has 102 valence electrons. The summed E-state index contributed by atoms with van der Waals surface area (Å²) in [5, 5.41) is 12.6. The van der Waals surface area contributed by atoms with E-state index in [2.05, 4.69) is 5.32 Å². The summed E-state index contributed by atoms with van der Waals surface area (Å²) in [6, 6.07) is 3.44. The molecule has 0 fully saturated rings. The molecule has 6 heteroatoms. The summed E-state index contributed by atoms with van der Waals surface area (Å²) in [5.41, 5.74) is 1.87. The molecule has 1 heterocycles. The molecule has 0 radical (unpaired) electrons. The summed E-state index contributed by atoms with van der Waals surface area (Å²) in [5.74, 6) is -0.175. The summed E-state index contributed by atoms with van der Waals surface area (Å²) in [7, 11) is 0. The number of hydrogen-bond donors (Lipinski definition) is 2. The Kier molecular flexibility index (Phi) is 4.69. The third kappa shape index (κ3) is 3.86. The normalized spacial score (nSPS) is 13.5. The molecule has 0 bridgehead atoms. The first-order valence-electron chi connectivity index (χ1n) is 5.80. The highest BCUT2D eigenvalue weighted by molar-refractivity contribution is 6.36. The van der Waals surface area contributed by atoms with Crippen LogP contribution in [0.25, 0.3) is 6.08 Å². The van der Waals surface area contributed by atoms with Crippen molar-refractivity contribution < 1.29 is 14.6 Å². The van der Waals surface area contributed by atoms with E-state index in [0.717, 1.165) is 11.1 Å². The summed E-state index contributed by atoms with van der Waals surface area (Å²) in [6.45, 7) is 1.45.